The molecular weight excluding hydrogens is 288 g/mol. The molecule has 0 aromatic heterocycles. The first-order valence-electron chi connectivity index (χ1n) is 8.47. The van der Waals surface area contributed by atoms with Gasteiger partial charge in [-0.05, 0) is 12.0 Å². The number of hydrogen-bond acceptors (Lipinski definition) is 2. The molecular formula is C19H28N2O2. The lowest BCUT2D eigenvalue weighted by atomic mass is 9.93. The molecule has 1 heterocycles. The maximum absolute atomic E-state index is 12.8. The topological polar surface area (TPSA) is 40.6 Å². The Morgan fingerprint density at radius 3 is 2.00 bits per heavy atom. The van der Waals surface area contributed by atoms with Gasteiger partial charge in [-0.25, -0.2) is 0 Å². The lowest BCUT2D eigenvalue weighted by Gasteiger charge is -2.38. The van der Waals surface area contributed by atoms with Crippen molar-refractivity contribution in [3.05, 3.63) is 35.9 Å². The van der Waals surface area contributed by atoms with Crippen LogP contribution >= 0.6 is 0 Å². The van der Waals surface area contributed by atoms with E-state index in [1.54, 1.807) is 0 Å². The monoisotopic (exact) mass is 316 g/mol. The second-order valence-corrected chi connectivity index (χ2v) is 7.24. The Labute approximate surface area is 139 Å². The van der Waals surface area contributed by atoms with E-state index in [1.807, 2.05) is 60.9 Å². The average Bonchev–Trinajstić information content (AvgIpc) is 2.55. The summed E-state index contributed by atoms with van der Waals surface area (Å²) >= 11 is 0. The van der Waals surface area contributed by atoms with Gasteiger partial charge in [-0.15, -0.1) is 0 Å². The molecule has 2 rings (SSSR count). The fourth-order valence-electron chi connectivity index (χ4n) is 3.06. The van der Waals surface area contributed by atoms with Gasteiger partial charge in [0.1, 0.15) is 0 Å². The van der Waals surface area contributed by atoms with Gasteiger partial charge in [-0.3, -0.25) is 9.59 Å². The molecule has 1 unspecified atom stereocenters. The molecule has 1 aromatic carbocycles. The van der Waals surface area contributed by atoms with Gasteiger partial charge >= 0.3 is 0 Å². The van der Waals surface area contributed by atoms with E-state index >= 15 is 0 Å². The molecule has 1 saturated heterocycles. The molecule has 0 N–H and O–H groups in total. The zero-order valence-corrected chi connectivity index (χ0v) is 14.7. The first-order chi connectivity index (χ1) is 10.8. The summed E-state index contributed by atoms with van der Waals surface area (Å²) in [6, 6.07) is 9.96. The summed E-state index contributed by atoms with van der Waals surface area (Å²) in [6.07, 6.45) is 0.796. The predicted octanol–water partition coefficient (Wildman–Crippen LogP) is 2.90. The molecule has 1 aliphatic heterocycles. The maximum atomic E-state index is 12.8. The van der Waals surface area contributed by atoms with E-state index in [2.05, 4.69) is 6.92 Å². The van der Waals surface area contributed by atoms with Gasteiger partial charge in [0.15, 0.2) is 0 Å². The Morgan fingerprint density at radius 2 is 1.52 bits per heavy atom. The molecule has 0 radical (unpaired) electrons. The van der Waals surface area contributed by atoms with Gasteiger partial charge in [-0.1, -0.05) is 58.0 Å². The maximum Gasteiger partial charge on any atom is 0.230 e. The average molecular weight is 316 g/mol. The van der Waals surface area contributed by atoms with Crippen molar-refractivity contribution in [2.75, 3.05) is 26.2 Å². The van der Waals surface area contributed by atoms with Gasteiger partial charge in [0.05, 0.1) is 5.92 Å². The highest BCUT2D eigenvalue weighted by Crippen LogP contribution is 2.24. The number of nitrogens with zero attached hydrogens (tertiary/aromatic N) is 2. The molecule has 4 nitrogen and oxygen atoms in total. The van der Waals surface area contributed by atoms with E-state index in [0.29, 0.717) is 26.2 Å². The van der Waals surface area contributed by atoms with Crippen LogP contribution in [0.3, 0.4) is 0 Å². The van der Waals surface area contributed by atoms with Crippen LogP contribution in [0, 0.1) is 5.41 Å². The van der Waals surface area contributed by atoms with Crippen LogP contribution in [-0.4, -0.2) is 47.8 Å². The van der Waals surface area contributed by atoms with Gasteiger partial charge < -0.3 is 9.80 Å². The van der Waals surface area contributed by atoms with Crippen LogP contribution in [0.4, 0.5) is 0 Å². The SMILES string of the molecule is CCC(C(=O)N1CCN(C(=O)C(C)(C)C)CC1)c1ccccc1. The number of carbonyl (C=O) groups excluding carboxylic acids is 2. The Kier molecular flexibility index (Phi) is 5.45. The molecule has 1 aromatic rings. The first kappa shape index (κ1) is 17.5. The molecule has 0 aliphatic carbocycles. The summed E-state index contributed by atoms with van der Waals surface area (Å²) in [5.41, 5.74) is 0.718. The van der Waals surface area contributed by atoms with Crippen molar-refractivity contribution in [1.82, 2.24) is 9.80 Å². The van der Waals surface area contributed by atoms with Gasteiger partial charge in [0.25, 0.3) is 0 Å². The van der Waals surface area contributed by atoms with E-state index < -0.39 is 0 Å². The van der Waals surface area contributed by atoms with Crippen LogP contribution in [0.5, 0.6) is 0 Å². The van der Waals surface area contributed by atoms with Gasteiger partial charge in [0.2, 0.25) is 11.8 Å². The van der Waals surface area contributed by atoms with Crippen LogP contribution in [0.2, 0.25) is 0 Å². The quantitative estimate of drug-likeness (QED) is 0.860. The normalized spacial score (nSPS) is 17.0. The van der Waals surface area contributed by atoms with Crippen LogP contribution in [0.25, 0.3) is 0 Å². The zero-order valence-electron chi connectivity index (χ0n) is 14.7. The standard InChI is InChI=1S/C19H28N2O2/c1-5-16(15-9-7-6-8-10-15)17(22)20-11-13-21(14-12-20)18(23)19(2,3)4/h6-10,16H,5,11-14H2,1-4H3. The Hall–Kier alpha value is -1.84. The summed E-state index contributed by atoms with van der Waals surface area (Å²) in [5.74, 6) is 0.266. The molecule has 1 aliphatic rings. The summed E-state index contributed by atoms with van der Waals surface area (Å²) in [6.45, 7) is 10.4. The number of carbonyl (C=O) groups is 2. The van der Waals surface area contributed by atoms with Crippen molar-refractivity contribution in [2.24, 2.45) is 5.41 Å². The summed E-state index contributed by atoms with van der Waals surface area (Å²) in [7, 11) is 0. The fourth-order valence-corrected chi connectivity index (χ4v) is 3.06. The molecule has 126 valence electrons. The second kappa shape index (κ2) is 7.16. The predicted molar refractivity (Wildman–Crippen MR) is 92.1 cm³/mol. The number of benzene rings is 1. The van der Waals surface area contributed by atoms with E-state index in [0.717, 1.165) is 12.0 Å². The fraction of sp³-hybridized carbons (Fsp3) is 0.579. The van der Waals surface area contributed by atoms with Crippen molar-refractivity contribution < 1.29 is 9.59 Å². The number of amides is 2. The molecule has 0 spiro atoms. The second-order valence-electron chi connectivity index (χ2n) is 7.24. The molecule has 0 bridgehead atoms. The third kappa shape index (κ3) is 4.12. The molecule has 0 saturated carbocycles. The van der Waals surface area contributed by atoms with Crippen LogP contribution in [-0.2, 0) is 9.59 Å². The van der Waals surface area contributed by atoms with Crippen molar-refractivity contribution >= 4 is 11.8 Å². The molecule has 2 amide bonds. The minimum absolute atomic E-state index is 0.0823. The summed E-state index contributed by atoms with van der Waals surface area (Å²) < 4.78 is 0. The van der Waals surface area contributed by atoms with E-state index in [-0.39, 0.29) is 23.1 Å². The summed E-state index contributed by atoms with van der Waals surface area (Å²) in [4.78, 5) is 28.9. The zero-order chi connectivity index (χ0) is 17.0. The highest BCUT2D eigenvalue weighted by atomic mass is 16.2. The van der Waals surface area contributed by atoms with Crippen molar-refractivity contribution in [3.8, 4) is 0 Å². The summed E-state index contributed by atoms with van der Waals surface area (Å²) in [5, 5.41) is 0. The minimum Gasteiger partial charge on any atom is -0.339 e. The largest absolute Gasteiger partial charge is 0.339 e. The van der Waals surface area contributed by atoms with Crippen LogP contribution < -0.4 is 0 Å². The highest BCUT2D eigenvalue weighted by Gasteiger charge is 2.32. The molecule has 4 heteroatoms. The van der Waals surface area contributed by atoms with Crippen LogP contribution in [0.15, 0.2) is 30.3 Å². The third-order valence-corrected chi connectivity index (χ3v) is 4.43. The number of piperazine rings is 1. The van der Waals surface area contributed by atoms with Gasteiger partial charge in [0, 0.05) is 31.6 Å². The van der Waals surface area contributed by atoms with Crippen molar-refractivity contribution in [2.45, 2.75) is 40.0 Å². The van der Waals surface area contributed by atoms with E-state index in [9.17, 15) is 9.59 Å². The smallest absolute Gasteiger partial charge is 0.230 e. The van der Waals surface area contributed by atoms with Gasteiger partial charge in [-0.2, -0.15) is 0 Å². The minimum atomic E-state index is -0.359. The first-order valence-corrected chi connectivity index (χ1v) is 8.47. The number of hydrogen-bond donors (Lipinski definition) is 0. The molecule has 1 atom stereocenters. The van der Waals surface area contributed by atoms with Crippen molar-refractivity contribution in [1.29, 1.82) is 0 Å². The molecule has 1 fully saturated rings. The lowest BCUT2D eigenvalue weighted by Crippen LogP contribution is -2.53. The Bertz CT molecular complexity index is 540. The van der Waals surface area contributed by atoms with E-state index in [1.165, 1.54) is 0 Å². The third-order valence-electron chi connectivity index (χ3n) is 4.43. The lowest BCUT2D eigenvalue weighted by molar-refractivity contribution is -0.145. The number of rotatable bonds is 3. The van der Waals surface area contributed by atoms with E-state index in [4.69, 9.17) is 0 Å². The van der Waals surface area contributed by atoms with Crippen molar-refractivity contribution in [3.63, 3.8) is 0 Å². The molecule has 23 heavy (non-hydrogen) atoms. The highest BCUT2D eigenvalue weighted by molar-refractivity contribution is 5.85. The van der Waals surface area contributed by atoms with Crippen LogP contribution in [0.1, 0.15) is 45.6 Å². The Morgan fingerprint density at radius 1 is 1.00 bits per heavy atom. The Balaban J connectivity index is 1.99.